The van der Waals surface area contributed by atoms with Crippen molar-refractivity contribution in [2.75, 3.05) is 6.79 Å². The van der Waals surface area contributed by atoms with Crippen molar-refractivity contribution in [1.29, 1.82) is 0 Å². The molecule has 1 aromatic heterocycles. The molecule has 0 saturated heterocycles. The highest BCUT2D eigenvalue weighted by atomic mass is 35.5. The number of non-ortho nitro benzene ring substituents is 1. The second kappa shape index (κ2) is 6.70. The summed E-state index contributed by atoms with van der Waals surface area (Å²) in [5, 5.41) is 24.1. The van der Waals surface area contributed by atoms with E-state index in [0.717, 1.165) is 5.56 Å². The van der Waals surface area contributed by atoms with Crippen LogP contribution in [0.4, 0.5) is 5.69 Å². The van der Waals surface area contributed by atoms with Crippen LogP contribution in [-0.4, -0.2) is 31.9 Å². The van der Waals surface area contributed by atoms with E-state index in [2.05, 4.69) is 15.4 Å². The Labute approximate surface area is 152 Å². The van der Waals surface area contributed by atoms with Crippen molar-refractivity contribution in [2.24, 2.45) is 0 Å². The van der Waals surface area contributed by atoms with Crippen LogP contribution in [0.3, 0.4) is 0 Å². The van der Waals surface area contributed by atoms with Crippen LogP contribution in [0.15, 0.2) is 36.4 Å². The Bertz CT molecular complexity index is 973. The van der Waals surface area contributed by atoms with E-state index < -0.39 is 4.92 Å². The lowest BCUT2D eigenvalue weighted by atomic mass is 10.1. The van der Waals surface area contributed by atoms with Gasteiger partial charge in [-0.25, -0.2) is 0 Å². The lowest BCUT2D eigenvalue weighted by Gasteiger charge is -2.20. The standard InChI is InChI=1S/C16H12ClN5O4/c17-13-3-1-10(2-4-13)16-18-20-21(19-16)7-11-5-14(22(23)24)6-12-8-25-9-26-15(11)12/h1-6H,7-9H2. The molecule has 26 heavy (non-hydrogen) atoms. The molecule has 0 atom stereocenters. The highest BCUT2D eigenvalue weighted by Gasteiger charge is 2.21. The topological polar surface area (TPSA) is 105 Å². The fourth-order valence-electron chi connectivity index (χ4n) is 2.68. The van der Waals surface area contributed by atoms with Gasteiger partial charge in [0.2, 0.25) is 5.82 Å². The maximum atomic E-state index is 11.2. The number of benzene rings is 2. The van der Waals surface area contributed by atoms with Crippen LogP contribution in [0.2, 0.25) is 5.02 Å². The normalized spacial score (nSPS) is 13.1. The SMILES string of the molecule is O=[N+]([O-])c1cc2c(c(Cn3nnc(-c4ccc(Cl)cc4)n3)c1)OCOC2. The molecule has 0 aliphatic carbocycles. The van der Waals surface area contributed by atoms with Gasteiger partial charge < -0.3 is 9.47 Å². The molecule has 0 radical (unpaired) electrons. The molecular weight excluding hydrogens is 362 g/mol. The van der Waals surface area contributed by atoms with E-state index in [4.69, 9.17) is 21.1 Å². The summed E-state index contributed by atoms with van der Waals surface area (Å²) in [7, 11) is 0. The number of tetrazole rings is 1. The van der Waals surface area contributed by atoms with Gasteiger partial charge in [-0.15, -0.1) is 10.2 Å². The van der Waals surface area contributed by atoms with Crippen LogP contribution < -0.4 is 4.74 Å². The Morgan fingerprint density at radius 3 is 2.85 bits per heavy atom. The number of nitro groups is 1. The van der Waals surface area contributed by atoms with Crippen LogP contribution in [0, 0.1) is 10.1 Å². The molecule has 2 aromatic carbocycles. The maximum Gasteiger partial charge on any atom is 0.270 e. The van der Waals surface area contributed by atoms with Crippen molar-refractivity contribution in [2.45, 2.75) is 13.2 Å². The van der Waals surface area contributed by atoms with Gasteiger partial charge in [-0.2, -0.15) is 4.80 Å². The van der Waals surface area contributed by atoms with Crippen LogP contribution in [0.1, 0.15) is 11.1 Å². The van der Waals surface area contributed by atoms with Gasteiger partial charge in [-0.1, -0.05) is 11.6 Å². The Hall–Kier alpha value is -3.04. The second-order valence-electron chi connectivity index (χ2n) is 5.61. The predicted octanol–water partition coefficient (Wildman–Crippen LogP) is 2.82. The molecule has 0 saturated carbocycles. The Balaban J connectivity index is 1.66. The number of rotatable bonds is 4. The summed E-state index contributed by atoms with van der Waals surface area (Å²) >= 11 is 5.88. The molecule has 0 amide bonds. The minimum Gasteiger partial charge on any atom is -0.467 e. The van der Waals surface area contributed by atoms with E-state index in [1.165, 1.54) is 16.9 Å². The first-order valence-corrected chi connectivity index (χ1v) is 8.02. The maximum absolute atomic E-state index is 11.2. The molecular formula is C16H12ClN5O4. The molecule has 2 heterocycles. The van der Waals surface area contributed by atoms with Crippen LogP contribution >= 0.6 is 11.6 Å². The van der Waals surface area contributed by atoms with Crippen molar-refractivity contribution in [1.82, 2.24) is 20.2 Å². The summed E-state index contributed by atoms with van der Waals surface area (Å²) in [4.78, 5) is 12.1. The van der Waals surface area contributed by atoms with Gasteiger partial charge in [-0.05, 0) is 29.5 Å². The monoisotopic (exact) mass is 373 g/mol. The predicted molar refractivity (Wildman–Crippen MR) is 90.7 cm³/mol. The average Bonchev–Trinajstić information content (AvgIpc) is 3.10. The third-order valence-electron chi connectivity index (χ3n) is 3.85. The molecule has 0 spiro atoms. The zero-order valence-corrected chi connectivity index (χ0v) is 14.1. The van der Waals surface area contributed by atoms with Gasteiger partial charge in [-0.3, -0.25) is 10.1 Å². The Morgan fingerprint density at radius 1 is 1.27 bits per heavy atom. The first-order chi connectivity index (χ1) is 12.6. The van der Waals surface area contributed by atoms with E-state index in [1.807, 2.05) is 0 Å². The zero-order chi connectivity index (χ0) is 18.1. The summed E-state index contributed by atoms with van der Waals surface area (Å²) in [6, 6.07) is 9.96. The quantitative estimate of drug-likeness (QED) is 0.511. The van der Waals surface area contributed by atoms with E-state index in [0.29, 0.717) is 27.7 Å². The number of hydrogen-bond acceptors (Lipinski definition) is 7. The van der Waals surface area contributed by atoms with E-state index >= 15 is 0 Å². The van der Waals surface area contributed by atoms with Gasteiger partial charge in [0.1, 0.15) is 5.75 Å². The van der Waals surface area contributed by atoms with Crippen LogP contribution in [0.25, 0.3) is 11.4 Å². The van der Waals surface area contributed by atoms with E-state index in [9.17, 15) is 10.1 Å². The minimum absolute atomic E-state index is 0.0362. The third kappa shape index (κ3) is 3.22. The smallest absolute Gasteiger partial charge is 0.270 e. The molecule has 9 nitrogen and oxygen atoms in total. The highest BCUT2D eigenvalue weighted by Crippen LogP contribution is 2.33. The highest BCUT2D eigenvalue weighted by molar-refractivity contribution is 6.30. The molecule has 1 aliphatic rings. The fraction of sp³-hybridized carbons (Fsp3) is 0.188. The van der Waals surface area contributed by atoms with Crippen molar-refractivity contribution >= 4 is 17.3 Å². The summed E-state index contributed by atoms with van der Waals surface area (Å²) in [6.07, 6.45) is 0. The van der Waals surface area contributed by atoms with E-state index in [1.54, 1.807) is 24.3 Å². The Kier molecular flexibility index (Phi) is 4.23. The first-order valence-electron chi connectivity index (χ1n) is 7.64. The van der Waals surface area contributed by atoms with Gasteiger partial charge >= 0.3 is 0 Å². The largest absolute Gasteiger partial charge is 0.467 e. The molecule has 3 aromatic rings. The first kappa shape index (κ1) is 16.4. The molecule has 1 aliphatic heterocycles. The van der Waals surface area contributed by atoms with Crippen molar-refractivity contribution in [3.05, 3.63) is 62.7 Å². The van der Waals surface area contributed by atoms with Crippen molar-refractivity contribution in [3.63, 3.8) is 0 Å². The van der Waals surface area contributed by atoms with Crippen molar-refractivity contribution < 1.29 is 14.4 Å². The molecule has 10 heteroatoms. The average molecular weight is 374 g/mol. The molecule has 0 fully saturated rings. The summed E-state index contributed by atoms with van der Waals surface area (Å²) in [5.41, 5.74) is 1.95. The molecule has 0 N–H and O–H groups in total. The van der Waals surface area contributed by atoms with Crippen LogP contribution in [-0.2, 0) is 17.9 Å². The van der Waals surface area contributed by atoms with Crippen molar-refractivity contribution in [3.8, 4) is 17.1 Å². The Morgan fingerprint density at radius 2 is 2.08 bits per heavy atom. The van der Waals surface area contributed by atoms with Crippen LogP contribution in [0.5, 0.6) is 5.75 Å². The fourth-order valence-corrected chi connectivity index (χ4v) is 2.81. The van der Waals surface area contributed by atoms with Gasteiger partial charge in [0.15, 0.2) is 6.79 Å². The van der Waals surface area contributed by atoms with Gasteiger partial charge in [0.25, 0.3) is 5.69 Å². The molecule has 132 valence electrons. The van der Waals surface area contributed by atoms with Gasteiger partial charge in [0, 0.05) is 33.8 Å². The molecule has 4 rings (SSSR count). The third-order valence-corrected chi connectivity index (χ3v) is 4.10. The number of nitro benzene ring substituents is 1. The summed E-state index contributed by atoms with van der Waals surface area (Å²) < 4.78 is 10.7. The number of halogens is 1. The number of ether oxygens (including phenoxy) is 2. The number of hydrogen-bond donors (Lipinski definition) is 0. The number of nitrogens with zero attached hydrogens (tertiary/aromatic N) is 5. The summed E-state index contributed by atoms with van der Waals surface area (Å²) in [5.74, 6) is 0.998. The number of fused-ring (bicyclic) bond motifs is 1. The lowest BCUT2D eigenvalue weighted by molar-refractivity contribution is -0.385. The minimum atomic E-state index is -0.452. The van der Waals surface area contributed by atoms with E-state index in [-0.39, 0.29) is 25.6 Å². The summed E-state index contributed by atoms with van der Waals surface area (Å²) in [6.45, 7) is 0.536. The van der Waals surface area contributed by atoms with Gasteiger partial charge in [0.05, 0.1) is 18.1 Å². The number of aromatic nitrogens is 4. The second-order valence-corrected chi connectivity index (χ2v) is 6.05. The molecule has 0 unspecified atom stereocenters. The molecule has 0 bridgehead atoms. The lowest BCUT2D eigenvalue weighted by Crippen LogP contribution is -2.15. The zero-order valence-electron chi connectivity index (χ0n) is 13.3.